The molecular formula is C26H26F3N3O. The Morgan fingerprint density at radius 2 is 1.48 bits per heavy atom. The first-order chi connectivity index (χ1) is 15.9. The van der Waals surface area contributed by atoms with E-state index in [0.29, 0.717) is 32.2 Å². The first-order valence-corrected chi connectivity index (χ1v) is 11.0. The van der Waals surface area contributed by atoms with Crippen LogP contribution in [0.2, 0.25) is 0 Å². The van der Waals surface area contributed by atoms with E-state index in [0.717, 1.165) is 22.9 Å². The van der Waals surface area contributed by atoms with Crippen molar-refractivity contribution in [3.05, 3.63) is 89.7 Å². The molecule has 1 aliphatic rings. The van der Waals surface area contributed by atoms with Crippen molar-refractivity contribution in [1.82, 2.24) is 4.90 Å². The number of para-hydroxylation sites is 1. The zero-order chi connectivity index (χ0) is 23.4. The fourth-order valence-corrected chi connectivity index (χ4v) is 4.24. The number of benzene rings is 3. The molecule has 7 heteroatoms. The second-order valence-corrected chi connectivity index (χ2v) is 8.28. The van der Waals surface area contributed by atoms with Crippen LogP contribution in [0.5, 0.6) is 0 Å². The van der Waals surface area contributed by atoms with E-state index >= 15 is 0 Å². The number of nitrogens with zero attached hydrogens (tertiary/aromatic N) is 2. The summed E-state index contributed by atoms with van der Waals surface area (Å²) in [6, 6.07) is 19.0. The Bertz CT molecular complexity index is 1120. The van der Waals surface area contributed by atoms with Crippen LogP contribution in [0.15, 0.2) is 66.7 Å². The third kappa shape index (κ3) is 5.37. The van der Waals surface area contributed by atoms with Crippen molar-refractivity contribution in [3.8, 4) is 11.1 Å². The van der Waals surface area contributed by atoms with Crippen molar-refractivity contribution < 1.29 is 18.0 Å². The van der Waals surface area contributed by atoms with Crippen molar-refractivity contribution in [3.63, 3.8) is 0 Å². The molecule has 0 aliphatic carbocycles. The van der Waals surface area contributed by atoms with Crippen LogP contribution in [-0.4, -0.2) is 43.0 Å². The Morgan fingerprint density at radius 1 is 0.848 bits per heavy atom. The smallest absolute Gasteiger partial charge is 0.224 e. The van der Waals surface area contributed by atoms with Gasteiger partial charge in [0.15, 0.2) is 11.6 Å². The summed E-state index contributed by atoms with van der Waals surface area (Å²) < 4.78 is 40.4. The Morgan fingerprint density at radius 3 is 2.21 bits per heavy atom. The van der Waals surface area contributed by atoms with E-state index in [2.05, 4.69) is 29.2 Å². The van der Waals surface area contributed by atoms with Crippen LogP contribution in [0.3, 0.4) is 0 Å². The normalized spacial score (nSPS) is 14.9. The minimum absolute atomic E-state index is 0.0129. The van der Waals surface area contributed by atoms with Gasteiger partial charge in [0, 0.05) is 56.0 Å². The SMILES string of the molecule is N[C@@H](CC(=O)N1CCN(c2ccccc2-c2ccccc2)CC1)Cc1cc(F)c(F)cc1F. The maximum Gasteiger partial charge on any atom is 0.224 e. The maximum absolute atomic E-state index is 13.9. The maximum atomic E-state index is 13.9. The molecule has 0 spiro atoms. The summed E-state index contributed by atoms with van der Waals surface area (Å²) in [5, 5.41) is 0. The van der Waals surface area contributed by atoms with E-state index in [1.54, 1.807) is 4.90 Å². The first kappa shape index (κ1) is 22.9. The van der Waals surface area contributed by atoms with E-state index in [1.165, 1.54) is 0 Å². The molecule has 3 aromatic carbocycles. The Hall–Kier alpha value is -3.32. The lowest BCUT2D eigenvalue weighted by molar-refractivity contribution is -0.131. The molecule has 0 bridgehead atoms. The number of hydrogen-bond donors (Lipinski definition) is 1. The van der Waals surface area contributed by atoms with Crippen molar-refractivity contribution >= 4 is 11.6 Å². The van der Waals surface area contributed by atoms with Gasteiger partial charge in [-0.15, -0.1) is 0 Å². The molecule has 4 nitrogen and oxygen atoms in total. The van der Waals surface area contributed by atoms with Crippen LogP contribution in [0.25, 0.3) is 11.1 Å². The Balaban J connectivity index is 1.35. The number of carbonyl (C=O) groups excluding carboxylic acids is 1. The lowest BCUT2D eigenvalue weighted by Crippen LogP contribution is -2.50. The molecule has 0 unspecified atom stereocenters. The Labute approximate surface area is 191 Å². The minimum atomic E-state index is -1.24. The van der Waals surface area contributed by atoms with Crippen molar-refractivity contribution in [2.75, 3.05) is 31.1 Å². The number of hydrogen-bond acceptors (Lipinski definition) is 3. The molecule has 33 heavy (non-hydrogen) atoms. The van der Waals surface area contributed by atoms with Crippen LogP contribution < -0.4 is 10.6 Å². The van der Waals surface area contributed by atoms with E-state index in [9.17, 15) is 18.0 Å². The average Bonchev–Trinajstić information content (AvgIpc) is 2.83. The second-order valence-electron chi connectivity index (χ2n) is 8.28. The molecular weight excluding hydrogens is 427 g/mol. The summed E-state index contributed by atoms with van der Waals surface area (Å²) in [7, 11) is 0. The third-order valence-corrected chi connectivity index (χ3v) is 5.97. The third-order valence-electron chi connectivity index (χ3n) is 5.97. The largest absolute Gasteiger partial charge is 0.367 e. The summed E-state index contributed by atoms with van der Waals surface area (Å²) >= 11 is 0. The molecule has 1 saturated heterocycles. The molecule has 172 valence electrons. The van der Waals surface area contributed by atoms with E-state index in [4.69, 9.17) is 5.73 Å². The van der Waals surface area contributed by atoms with Gasteiger partial charge in [-0.2, -0.15) is 0 Å². The molecule has 0 radical (unpaired) electrons. The number of halogens is 3. The number of nitrogens with two attached hydrogens (primary N) is 1. The van der Waals surface area contributed by atoms with Crippen LogP contribution in [0, 0.1) is 17.5 Å². The van der Waals surface area contributed by atoms with Gasteiger partial charge in [0.2, 0.25) is 5.91 Å². The minimum Gasteiger partial charge on any atom is -0.367 e. The van der Waals surface area contributed by atoms with Gasteiger partial charge in [-0.1, -0.05) is 48.5 Å². The second kappa shape index (κ2) is 10.1. The molecule has 4 rings (SSSR count). The molecule has 1 heterocycles. The molecule has 1 fully saturated rings. The number of amides is 1. The number of carbonyl (C=O) groups is 1. The molecule has 1 aliphatic heterocycles. The van der Waals surface area contributed by atoms with Crippen LogP contribution in [-0.2, 0) is 11.2 Å². The Kier molecular flexibility index (Phi) is 6.99. The zero-order valence-corrected chi connectivity index (χ0v) is 18.2. The van der Waals surface area contributed by atoms with Gasteiger partial charge in [0.1, 0.15) is 5.82 Å². The van der Waals surface area contributed by atoms with Gasteiger partial charge in [-0.3, -0.25) is 4.79 Å². The monoisotopic (exact) mass is 453 g/mol. The summed E-state index contributed by atoms with van der Waals surface area (Å²) in [5.41, 5.74) is 9.41. The van der Waals surface area contributed by atoms with Gasteiger partial charge in [-0.05, 0) is 29.7 Å². The van der Waals surface area contributed by atoms with Gasteiger partial charge < -0.3 is 15.5 Å². The van der Waals surface area contributed by atoms with Gasteiger partial charge in [0.25, 0.3) is 0 Å². The predicted octanol–water partition coefficient (Wildman–Crippen LogP) is 4.38. The van der Waals surface area contributed by atoms with E-state index in [-0.39, 0.29) is 24.3 Å². The zero-order valence-electron chi connectivity index (χ0n) is 18.2. The molecule has 0 aromatic heterocycles. The van der Waals surface area contributed by atoms with Crippen molar-refractivity contribution in [2.24, 2.45) is 5.73 Å². The topological polar surface area (TPSA) is 49.6 Å². The highest BCUT2D eigenvalue weighted by Gasteiger charge is 2.24. The number of rotatable bonds is 6. The van der Waals surface area contributed by atoms with Gasteiger partial charge in [0.05, 0.1) is 0 Å². The molecule has 1 atom stereocenters. The summed E-state index contributed by atoms with van der Waals surface area (Å²) in [4.78, 5) is 16.8. The predicted molar refractivity (Wildman–Crippen MR) is 123 cm³/mol. The summed E-state index contributed by atoms with van der Waals surface area (Å²) in [6.07, 6.45) is -0.0295. The summed E-state index contributed by atoms with van der Waals surface area (Å²) in [5.74, 6) is -3.35. The number of piperazine rings is 1. The lowest BCUT2D eigenvalue weighted by Gasteiger charge is -2.37. The van der Waals surface area contributed by atoms with Crippen molar-refractivity contribution in [1.29, 1.82) is 0 Å². The molecule has 3 aromatic rings. The van der Waals surface area contributed by atoms with Crippen LogP contribution in [0.1, 0.15) is 12.0 Å². The van der Waals surface area contributed by atoms with Gasteiger partial charge in [-0.25, -0.2) is 13.2 Å². The molecule has 1 amide bonds. The van der Waals surface area contributed by atoms with E-state index < -0.39 is 23.5 Å². The molecule has 0 saturated carbocycles. The molecule has 2 N–H and O–H groups in total. The fraction of sp³-hybridized carbons (Fsp3) is 0.269. The summed E-state index contributed by atoms with van der Waals surface area (Å²) in [6.45, 7) is 2.47. The standard InChI is InChI=1S/C26H26F3N3O/c27-22-17-24(29)23(28)15-19(22)14-20(30)16-26(33)32-12-10-31(11-13-32)25-9-5-4-8-21(25)18-6-2-1-3-7-18/h1-9,15,17,20H,10-14,16,30H2/t20-/m1/s1. The first-order valence-electron chi connectivity index (χ1n) is 11.0. The van der Waals surface area contributed by atoms with Gasteiger partial charge >= 0.3 is 0 Å². The average molecular weight is 454 g/mol. The highest BCUT2D eigenvalue weighted by atomic mass is 19.2. The lowest BCUT2D eigenvalue weighted by atomic mass is 10.0. The highest BCUT2D eigenvalue weighted by molar-refractivity contribution is 5.80. The van der Waals surface area contributed by atoms with Crippen LogP contribution in [0.4, 0.5) is 18.9 Å². The quantitative estimate of drug-likeness (QED) is 0.564. The highest BCUT2D eigenvalue weighted by Crippen LogP contribution is 2.31. The van der Waals surface area contributed by atoms with Crippen molar-refractivity contribution in [2.45, 2.75) is 18.9 Å². The fourth-order valence-electron chi connectivity index (χ4n) is 4.24. The van der Waals surface area contributed by atoms with E-state index in [1.807, 2.05) is 30.3 Å². The number of anilines is 1. The van der Waals surface area contributed by atoms with Crippen LogP contribution >= 0.6 is 0 Å².